The summed E-state index contributed by atoms with van der Waals surface area (Å²) in [6.07, 6.45) is 2.78. The molecule has 1 N–H and O–H groups in total. The first-order valence-electron chi connectivity index (χ1n) is 6.95. The fraction of sp³-hybridized carbons (Fsp3) is 0.235. The summed E-state index contributed by atoms with van der Waals surface area (Å²) in [5, 5.41) is 3.13. The van der Waals surface area contributed by atoms with Crippen LogP contribution in [0.1, 0.15) is 28.4 Å². The molecule has 2 aromatic rings. The van der Waals surface area contributed by atoms with Gasteiger partial charge in [0.1, 0.15) is 5.75 Å². The predicted molar refractivity (Wildman–Crippen MR) is 85.0 cm³/mol. The number of ether oxygens (including phenoxy) is 1. The first-order chi connectivity index (χ1) is 10.3. The van der Waals surface area contributed by atoms with Gasteiger partial charge >= 0.3 is 0 Å². The molecule has 108 valence electrons. The second kappa shape index (κ2) is 6.22. The van der Waals surface area contributed by atoms with Crippen molar-refractivity contribution in [2.75, 3.05) is 12.9 Å². The number of hydrogen-bond acceptors (Lipinski definition) is 3. The average molecular weight is 299 g/mol. The molecule has 1 amide bonds. The number of hydrogen-bond donors (Lipinski definition) is 1. The van der Waals surface area contributed by atoms with E-state index in [-0.39, 0.29) is 11.9 Å². The van der Waals surface area contributed by atoms with Crippen LogP contribution in [0.15, 0.2) is 53.4 Å². The SMILES string of the molecule is CSc1ccccc1C(=O)NC1CCOc2ccccc21. The topological polar surface area (TPSA) is 38.3 Å². The van der Waals surface area contributed by atoms with Crippen LogP contribution < -0.4 is 10.1 Å². The average Bonchev–Trinajstić information content (AvgIpc) is 2.55. The van der Waals surface area contributed by atoms with Crippen LogP contribution in [0.3, 0.4) is 0 Å². The van der Waals surface area contributed by atoms with Crippen LogP contribution in [0.25, 0.3) is 0 Å². The van der Waals surface area contributed by atoms with Crippen molar-refractivity contribution in [2.45, 2.75) is 17.4 Å². The van der Waals surface area contributed by atoms with Gasteiger partial charge in [0, 0.05) is 16.9 Å². The molecule has 1 aliphatic heterocycles. The summed E-state index contributed by atoms with van der Waals surface area (Å²) in [7, 11) is 0. The highest BCUT2D eigenvalue weighted by Crippen LogP contribution is 2.32. The molecule has 0 spiro atoms. The number of benzene rings is 2. The molecule has 1 aliphatic rings. The molecule has 0 bridgehead atoms. The zero-order valence-electron chi connectivity index (χ0n) is 11.8. The third kappa shape index (κ3) is 2.90. The van der Waals surface area contributed by atoms with E-state index in [1.165, 1.54) is 0 Å². The predicted octanol–water partition coefficient (Wildman–Crippen LogP) is 3.66. The van der Waals surface area contributed by atoms with Gasteiger partial charge in [-0.3, -0.25) is 4.79 Å². The van der Waals surface area contributed by atoms with Crippen molar-refractivity contribution in [2.24, 2.45) is 0 Å². The van der Waals surface area contributed by atoms with Gasteiger partial charge < -0.3 is 10.1 Å². The van der Waals surface area contributed by atoms with Crippen molar-refractivity contribution in [3.8, 4) is 5.75 Å². The van der Waals surface area contributed by atoms with Gasteiger partial charge in [0.2, 0.25) is 0 Å². The highest BCUT2D eigenvalue weighted by atomic mass is 32.2. The van der Waals surface area contributed by atoms with Gasteiger partial charge in [-0.2, -0.15) is 0 Å². The third-order valence-corrected chi connectivity index (χ3v) is 4.41. The number of para-hydroxylation sites is 1. The number of carbonyl (C=O) groups excluding carboxylic acids is 1. The molecule has 21 heavy (non-hydrogen) atoms. The molecule has 1 unspecified atom stereocenters. The fourth-order valence-corrected chi connectivity index (χ4v) is 3.16. The Labute approximate surface area is 128 Å². The van der Waals surface area contributed by atoms with Gasteiger partial charge in [-0.1, -0.05) is 30.3 Å². The molecule has 3 nitrogen and oxygen atoms in total. The second-order valence-corrected chi connectivity index (χ2v) is 5.75. The largest absolute Gasteiger partial charge is 0.493 e. The van der Waals surface area contributed by atoms with Crippen molar-refractivity contribution in [3.05, 3.63) is 59.7 Å². The van der Waals surface area contributed by atoms with Gasteiger partial charge in [-0.05, 0) is 24.5 Å². The van der Waals surface area contributed by atoms with E-state index in [1.54, 1.807) is 11.8 Å². The Bertz CT molecular complexity index is 657. The van der Waals surface area contributed by atoms with E-state index < -0.39 is 0 Å². The molecular weight excluding hydrogens is 282 g/mol. The van der Waals surface area contributed by atoms with E-state index in [1.807, 2.05) is 54.8 Å². The van der Waals surface area contributed by atoms with Crippen LogP contribution in [0.2, 0.25) is 0 Å². The summed E-state index contributed by atoms with van der Waals surface area (Å²) >= 11 is 1.59. The second-order valence-electron chi connectivity index (χ2n) is 4.90. The molecule has 0 aliphatic carbocycles. The van der Waals surface area contributed by atoms with Gasteiger partial charge in [-0.15, -0.1) is 11.8 Å². The molecule has 0 radical (unpaired) electrons. The Morgan fingerprint density at radius 3 is 2.81 bits per heavy atom. The summed E-state index contributed by atoms with van der Waals surface area (Å²) in [5.41, 5.74) is 1.78. The quantitative estimate of drug-likeness (QED) is 0.879. The maximum absolute atomic E-state index is 12.5. The maximum Gasteiger partial charge on any atom is 0.252 e. The lowest BCUT2D eigenvalue weighted by Gasteiger charge is -2.26. The zero-order chi connectivity index (χ0) is 14.7. The normalized spacial score (nSPS) is 16.7. The minimum Gasteiger partial charge on any atom is -0.493 e. The number of fused-ring (bicyclic) bond motifs is 1. The van der Waals surface area contributed by atoms with Crippen LogP contribution in [0.4, 0.5) is 0 Å². The van der Waals surface area contributed by atoms with Crippen molar-refractivity contribution in [3.63, 3.8) is 0 Å². The summed E-state index contributed by atoms with van der Waals surface area (Å²) in [4.78, 5) is 13.5. The van der Waals surface area contributed by atoms with Crippen molar-refractivity contribution in [1.29, 1.82) is 0 Å². The Morgan fingerprint density at radius 1 is 1.19 bits per heavy atom. The van der Waals surface area contributed by atoms with E-state index in [9.17, 15) is 4.79 Å². The van der Waals surface area contributed by atoms with Crippen LogP contribution >= 0.6 is 11.8 Å². The molecule has 0 fully saturated rings. The molecule has 0 saturated heterocycles. The Balaban J connectivity index is 1.83. The van der Waals surface area contributed by atoms with Gasteiger partial charge in [0.05, 0.1) is 18.2 Å². The summed E-state index contributed by atoms with van der Waals surface area (Å²) in [6, 6.07) is 15.6. The van der Waals surface area contributed by atoms with E-state index in [0.717, 1.165) is 28.2 Å². The molecule has 2 aromatic carbocycles. The maximum atomic E-state index is 12.5. The fourth-order valence-electron chi connectivity index (χ4n) is 2.56. The van der Waals surface area contributed by atoms with E-state index in [4.69, 9.17) is 4.74 Å². The minimum absolute atomic E-state index is 0.0114. The van der Waals surface area contributed by atoms with E-state index in [2.05, 4.69) is 5.32 Å². The smallest absolute Gasteiger partial charge is 0.252 e. The minimum atomic E-state index is -0.0262. The van der Waals surface area contributed by atoms with Gasteiger partial charge in [0.25, 0.3) is 5.91 Å². The molecule has 0 aromatic heterocycles. The number of rotatable bonds is 3. The summed E-state index contributed by atoms with van der Waals surface area (Å²) in [5.74, 6) is 0.842. The van der Waals surface area contributed by atoms with Crippen LogP contribution in [-0.4, -0.2) is 18.8 Å². The van der Waals surface area contributed by atoms with Crippen molar-refractivity contribution >= 4 is 17.7 Å². The highest BCUT2D eigenvalue weighted by Gasteiger charge is 2.23. The molecular formula is C17H17NO2S. The highest BCUT2D eigenvalue weighted by molar-refractivity contribution is 7.98. The first kappa shape index (κ1) is 14.0. The van der Waals surface area contributed by atoms with Gasteiger partial charge in [-0.25, -0.2) is 0 Å². The van der Waals surface area contributed by atoms with Crippen molar-refractivity contribution < 1.29 is 9.53 Å². The zero-order valence-corrected chi connectivity index (χ0v) is 12.7. The molecule has 4 heteroatoms. The van der Waals surface area contributed by atoms with Crippen LogP contribution in [0, 0.1) is 0 Å². The van der Waals surface area contributed by atoms with E-state index in [0.29, 0.717) is 6.61 Å². The summed E-state index contributed by atoms with van der Waals surface area (Å²) in [6.45, 7) is 0.631. The lowest BCUT2D eigenvalue weighted by atomic mass is 10.00. The van der Waals surface area contributed by atoms with Crippen molar-refractivity contribution in [1.82, 2.24) is 5.32 Å². The van der Waals surface area contributed by atoms with Crippen LogP contribution in [-0.2, 0) is 0 Å². The Kier molecular flexibility index (Phi) is 4.15. The monoisotopic (exact) mass is 299 g/mol. The number of carbonyl (C=O) groups is 1. The Hall–Kier alpha value is -1.94. The molecule has 3 rings (SSSR count). The lowest BCUT2D eigenvalue weighted by Crippen LogP contribution is -2.32. The number of thioether (sulfide) groups is 1. The third-order valence-electron chi connectivity index (χ3n) is 3.62. The molecule has 1 atom stereocenters. The molecule has 1 heterocycles. The standard InChI is InChI=1S/C17H17NO2S/c1-21-16-9-5-3-7-13(16)17(19)18-14-10-11-20-15-8-4-2-6-12(14)15/h2-9,14H,10-11H2,1H3,(H,18,19). The number of amides is 1. The summed E-state index contributed by atoms with van der Waals surface area (Å²) < 4.78 is 5.63. The first-order valence-corrected chi connectivity index (χ1v) is 8.17. The number of nitrogens with one attached hydrogen (secondary N) is 1. The Morgan fingerprint density at radius 2 is 1.95 bits per heavy atom. The molecule has 0 saturated carbocycles. The van der Waals surface area contributed by atoms with Gasteiger partial charge in [0.15, 0.2) is 0 Å². The van der Waals surface area contributed by atoms with Crippen LogP contribution in [0.5, 0.6) is 5.75 Å². The lowest BCUT2D eigenvalue weighted by molar-refractivity contribution is 0.0922. The van der Waals surface area contributed by atoms with E-state index >= 15 is 0 Å².